The molecule has 0 spiro atoms. The Labute approximate surface area is 232 Å². The molecule has 0 saturated heterocycles. The zero-order valence-electron chi connectivity index (χ0n) is 22.2. The van der Waals surface area contributed by atoms with Crippen LogP contribution < -0.4 is 10.6 Å². The van der Waals surface area contributed by atoms with E-state index in [1.54, 1.807) is 18.5 Å². The van der Waals surface area contributed by atoms with E-state index in [0.717, 1.165) is 25.7 Å². The summed E-state index contributed by atoms with van der Waals surface area (Å²) in [6, 6.07) is 0.711. The zero-order valence-corrected chi connectivity index (χ0v) is 22.2. The van der Waals surface area contributed by atoms with Crippen molar-refractivity contribution in [3.8, 4) is 0 Å². The predicted octanol–water partition coefficient (Wildman–Crippen LogP) is 4.90. The predicted molar refractivity (Wildman–Crippen MR) is 135 cm³/mol. The maximum absolute atomic E-state index is 14.0. The smallest absolute Gasteiger partial charge is 0.276 e. The van der Waals surface area contributed by atoms with E-state index in [4.69, 9.17) is 9.61 Å². The molecule has 2 atom stereocenters. The molecule has 220 valence electrons. The van der Waals surface area contributed by atoms with Crippen molar-refractivity contribution in [3.05, 3.63) is 41.1 Å². The van der Waals surface area contributed by atoms with E-state index >= 15 is 0 Å². The number of nitrogens with zero attached hydrogens (tertiary/aromatic N) is 5. The van der Waals surface area contributed by atoms with Gasteiger partial charge in [0.2, 0.25) is 18.3 Å². The third-order valence-electron chi connectivity index (χ3n) is 8.25. The number of rotatable bonds is 11. The summed E-state index contributed by atoms with van der Waals surface area (Å²) in [5.74, 6) is -3.68. The molecule has 3 aromatic heterocycles. The quantitative estimate of drug-likeness (QED) is 0.311. The maximum atomic E-state index is 14.0. The molecular formula is C27H31F4N7O3. The van der Waals surface area contributed by atoms with E-state index in [1.807, 2.05) is 0 Å². The SMILES string of the molecule is O=C(CCC(F)F)N[C@@H](c1cnn2cc([C@@H](NC(=O)c3nonc3C3CC3)C3CCC(F)(F)CC3)nc2c1)C1CC1. The number of carbonyl (C=O) groups excluding carboxylic acids is 2. The summed E-state index contributed by atoms with van der Waals surface area (Å²) >= 11 is 0. The second-order valence-corrected chi connectivity index (χ2v) is 11.5. The minimum absolute atomic E-state index is 0.0951. The number of aromatic nitrogens is 5. The lowest BCUT2D eigenvalue weighted by Crippen LogP contribution is -2.37. The Morgan fingerprint density at radius 1 is 1.02 bits per heavy atom. The molecular weight excluding hydrogens is 546 g/mol. The van der Waals surface area contributed by atoms with Crippen LogP contribution in [0.1, 0.15) is 110 Å². The van der Waals surface area contributed by atoms with Crippen LogP contribution in [0.3, 0.4) is 0 Å². The Morgan fingerprint density at radius 2 is 1.76 bits per heavy atom. The molecule has 0 aliphatic heterocycles. The molecule has 0 bridgehead atoms. The van der Waals surface area contributed by atoms with Crippen LogP contribution >= 0.6 is 0 Å². The number of halogens is 4. The van der Waals surface area contributed by atoms with Crippen LogP contribution in [0.4, 0.5) is 17.6 Å². The average molecular weight is 578 g/mol. The fourth-order valence-corrected chi connectivity index (χ4v) is 5.63. The summed E-state index contributed by atoms with van der Waals surface area (Å²) in [5, 5.41) is 18.0. The number of hydrogen-bond acceptors (Lipinski definition) is 7. The number of hydrogen-bond donors (Lipinski definition) is 2. The van der Waals surface area contributed by atoms with Crippen LogP contribution in [-0.2, 0) is 4.79 Å². The van der Waals surface area contributed by atoms with E-state index in [0.29, 0.717) is 22.6 Å². The third-order valence-corrected chi connectivity index (χ3v) is 8.25. The van der Waals surface area contributed by atoms with Gasteiger partial charge in [0.1, 0.15) is 5.69 Å². The zero-order chi connectivity index (χ0) is 28.7. The van der Waals surface area contributed by atoms with Gasteiger partial charge in [0.15, 0.2) is 11.3 Å². The second kappa shape index (κ2) is 11.0. The fourth-order valence-electron chi connectivity index (χ4n) is 5.63. The lowest BCUT2D eigenvalue weighted by atomic mass is 9.81. The van der Waals surface area contributed by atoms with E-state index in [1.165, 1.54) is 4.52 Å². The molecule has 3 saturated carbocycles. The van der Waals surface area contributed by atoms with Gasteiger partial charge in [-0.2, -0.15) is 5.10 Å². The molecule has 0 aromatic carbocycles. The van der Waals surface area contributed by atoms with Crippen molar-refractivity contribution in [2.45, 2.75) is 94.6 Å². The number of imidazole rings is 1. The van der Waals surface area contributed by atoms with Gasteiger partial charge in [-0.25, -0.2) is 31.7 Å². The van der Waals surface area contributed by atoms with Crippen LogP contribution in [0.25, 0.3) is 5.65 Å². The molecule has 41 heavy (non-hydrogen) atoms. The van der Waals surface area contributed by atoms with Crippen molar-refractivity contribution >= 4 is 17.5 Å². The Bertz CT molecular complexity index is 1410. The second-order valence-electron chi connectivity index (χ2n) is 11.5. The standard InChI is InChI=1S/C27H31F4N7O3/c28-19(29)5-6-21(39)34-22(14-1-2-14)17-11-20-33-18(13-38(20)32-12-17)23(16-7-9-27(30,31)10-8-16)35-26(40)25-24(15-3-4-15)36-41-37-25/h11-16,19,22-23H,1-10H2,(H,34,39)(H,35,40)/t22-,23+/m1/s1. The van der Waals surface area contributed by atoms with Gasteiger partial charge >= 0.3 is 0 Å². The van der Waals surface area contributed by atoms with Crippen molar-refractivity contribution in [1.29, 1.82) is 0 Å². The molecule has 10 nitrogen and oxygen atoms in total. The molecule has 14 heteroatoms. The van der Waals surface area contributed by atoms with Crippen LogP contribution in [0.5, 0.6) is 0 Å². The summed E-state index contributed by atoms with van der Waals surface area (Å²) in [7, 11) is 0. The number of nitrogens with one attached hydrogen (secondary N) is 2. The highest BCUT2D eigenvalue weighted by molar-refractivity contribution is 5.93. The lowest BCUT2D eigenvalue weighted by molar-refractivity contribution is -0.122. The summed E-state index contributed by atoms with van der Waals surface area (Å²) in [4.78, 5) is 30.3. The Kier molecular flexibility index (Phi) is 7.41. The first-order valence-electron chi connectivity index (χ1n) is 14.1. The van der Waals surface area contributed by atoms with Crippen molar-refractivity contribution in [3.63, 3.8) is 0 Å². The number of alkyl halides is 4. The summed E-state index contributed by atoms with van der Waals surface area (Å²) in [5.41, 5.74) is 2.21. The van der Waals surface area contributed by atoms with E-state index < -0.39 is 36.6 Å². The highest BCUT2D eigenvalue weighted by Crippen LogP contribution is 2.43. The fraction of sp³-hybridized carbons (Fsp3) is 0.630. The number of amides is 2. The first-order valence-corrected chi connectivity index (χ1v) is 14.1. The Balaban J connectivity index is 1.26. The summed E-state index contributed by atoms with van der Waals surface area (Å²) < 4.78 is 59.5. The van der Waals surface area contributed by atoms with Gasteiger partial charge in [-0.1, -0.05) is 5.16 Å². The molecule has 2 amide bonds. The highest BCUT2D eigenvalue weighted by Gasteiger charge is 2.41. The maximum Gasteiger partial charge on any atom is 0.276 e. The van der Waals surface area contributed by atoms with Crippen molar-refractivity contribution in [2.24, 2.45) is 11.8 Å². The van der Waals surface area contributed by atoms with E-state index in [-0.39, 0.29) is 61.6 Å². The first-order chi connectivity index (χ1) is 19.7. The minimum Gasteiger partial charge on any atom is -0.349 e. The molecule has 3 fully saturated rings. The van der Waals surface area contributed by atoms with Crippen LogP contribution in [0.2, 0.25) is 0 Å². The first kappa shape index (κ1) is 27.6. The topological polar surface area (TPSA) is 127 Å². The molecule has 3 aromatic rings. The average Bonchev–Trinajstić information content (AvgIpc) is 3.87. The van der Waals surface area contributed by atoms with Crippen molar-refractivity contribution < 1.29 is 31.8 Å². The molecule has 0 radical (unpaired) electrons. The largest absolute Gasteiger partial charge is 0.349 e. The molecule has 2 N–H and O–H groups in total. The van der Waals surface area contributed by atoms with Gasteiger partial charge in [0.05, 0.1) is 30.2 Å². The highest BCUT2D eigenvalue weighted by atomic mass is 19.3. The van der Waals surface area contributed by atoms with Gasteiger partial charge in [-0.15, -0.1) is 0 Å². The van der Waals surface area contributed by atoms with E-state index in [2.05, 4.69) is 26.0 Å². The summed E-state index contributed by atoms with van der Waals surface area (Å²) in [6.07, 6.45) is 3.35. The van der Waals surface area contributed by atoms with Gasteiger partial charge in [-0.3, -0.25) is 9.59 Å². The van der Waals surface area contributed by atoms with Crippen molar-refractivity contribution in [2.75, 3.05) is 0 Å². The van der Waals surface area contributed by atoms with Crippen LogP contribution in [-0.4, -0.2) is 49.1 Å². The molecule has 6 rings (SSSR count). The number of fused-ring (bicyclic) bond motifs is 1. The summed E-state index contributed by atoms with van der Waals surface area (Å²) in [6.45, 7) is 0. The lowest BCUT2D eigenvalue weighted by Gasteiger charge is -2.33. The molecule has 3 aliphatic rings. The molecule has 3 aliphatic carbocycles. The monoisotopic (exact) mass is 577 g/mol. The minimum atomic E-state index is -2.74. The normalized spacial score (nSPS) is 20.7. The van der Waals surface area contributed by atoms with Gasteiger partial charge < -0.3 is 10.6 Å². The van der Waals surface area contributed by atoms with Crippen molar-refractivity contribution in [1.82, 2.24) is 35.5 Å². The van der Waals surface area contributed by atoms with Gasteiger partial charge in [0, 0.05) is 31.6 Å². The van der Waals surface area contributed by atoms with Gasteiger partial charge in [-0.05, 0) is 67.1 Å². The Hall–Kier alpha value is -3.58. The molecule has 3 heterocycles. The third kappa shape index (κ3) is 6.35. The van der Waals surface area contributed by atoms with Crippen LogP contribution in [0, 0.1) is 11.8 Å². The van der Waals surface area contributed by atoms with Gasteiger partial charge in [0.25, 0.3) is 5.91 Å². The molecule has 0 unspecified atom stereocenters. The van der Waals surface area contributed by atoms with Crippen LogP contribution in [0.15, 0.2) is 23.1 Å². The Morgan fingerprint density at radius 3 is 2.44 bits per heavy atom. The number of carbonyl (C=O) groups is 2. The van der Waals surface area contributed by atoms with E-state index in [9.17, 15) is 27.2 Å².